The molecular formula is C8H5F6NO4S2. The lowest BCUT2D eigenvalue weighted by Crippen LogP contribution is -2.49. The Labute approximate surface area is 114 Å². The smallest absolute Gasteiger partial charge is 0.201 e. The van der Waals surface area contributed by atoms with E-state index in [1.807, 2.05) is 0 Å². The van der Waals surface area contributed by atoms with E-state index in [1.165, 1.54) is 0 Å². The van der Waals surface area contributed by atoms with Crippen LogP contribution in [0.25, 0.3) is 0 Å². The maximum Gasteiger partial charge on any atom is 0.513 e. The summed E-state index contributed by atoms with van der Waals surface area (Å²) in [6, 6.07) is 3.93. The largest absolute Gasteiger partial charge is 0.513 e. The molecule has 0 bridgehead atoms. The van der Waals surface area contributed by atoms with E-state index >= 15 is 0 Å². The second-order valence-electron chi connectivity index (χ2n) is 3.43. The van der Waals surface area contributed by atoms with Gasteiger partial charge in [0.25, 0.3) is 0 Å². The predicted molar refractivity (Wildman–Crippen MR) is 58.9 cm³/mol. The number of benzene rings is 1. The van der Waals surface area contributed by atoms with Gasteiger partial charge < -0.3 is 0 Å². The first-order valence-corrected chi connectivity index (χ1v) is 8.15. The minimum absolute atomic E-state index is 0.497. The maximum atomic E-state index is 12.7. The van der Waals surface area contributed by atoms with Gasteiger partial charge in [-0.3, -0.25) is 0 Å². The molecule has 0 aliphatic heterocycles. The molecule has 0 saturated carbocycles. The van der Waals surface area contributed by atoms with Crippen LogP contribution in [-0.2, 0) is 17.9 Å². The minimum atomic E-state index is -7.13. The van der Waals surface area contributed by atoms with Crippen molar-refractivity contribution < 1.29 is 43.2 Å². The van der Waals surface area contributed by atoms with Crippen molar-refractivity contribution in [2.24, 2.45) is 0 Å². The third-order valence-electron chi connectivity index (χ3n) is 2.01. The Morgan fingerprint density at radius 2 is 1.24 bits per heavy atom. The van der Waals surface area contributed by atoms with Crippen LogP contribution in [0.5, 0.6) is 0 Å². The summed E-state index contributed by atoms with van der Waals surface area (Å²) in [7, 11) is -13.9. The molecule has 1 rings (SSSR count). The number of hydrogen-bond acceptors (Lipinski definition) is 4. The number of anilines is 1. The van der Waals surface area contributed by atoms with Gasteiger partial charge in [-0.1, -0.05) is 18.2 Å². The zero-order valence-corrected chi connectivity index (χ0v) is 11.2. The molecule has 0 unspecified atom stereocenters. The number of hydrogen-bond donors (Lipinski definition) is 0. The van der Waals surface area contributed by atoms with Gasteiger partial charge in [0.15, 0.2) is 0 Å². The molecule has 0 aromatic heterocycles. The first-order chi connectivity index (χ1) is 9.23. The van der Waals surface area contributed by atoms with Crippen LogP contribution in [0.4, 0.5) is 32.0 Å². The van der Waals surface area contributed by atoms with E-state index in [4.69, 9.17) is 0 Å². The van der Waals surface area contributed by atoms with Gasteiger partial charge in [0.2, 0.25) is 0 Å². The van der Waals surface area contributed by atoms with Crippen LogP contribution in [0.15, 0.2) is 30.3 Å². The molecule has 0 saturated heterocycles. The fourth-order valence-electron chi connectivity index (χ4n) is 1.18. The van der Waals surface area contributed by atoms with Crippen molar-refractivity contribution in [2.45, 2.75) is 11.8 Å². The Balaban J connectivity index is 3.64. The van der Waals surface area contributed by atoms with E-state index < -0.39 is 39.7 Å². The van der Waals surface area contributed by atoms with Gasteiger partial charge in [0.1, 0.15) is 0 Å². The summed E-state index contributed by atoms with van der Waals surface area (Å²) < 4.78 is 118. The first kappa shape index (κ1) is 17.6. The monoisotopic (exact) mass is 357 g/mol. The highest BCUT2D eigenvalue weighted by molar-refractivity contribution is 8.67. The van der Waals surface area contributed by atoms with Crippen LogP contribution in [0.3, 0.4) is 0 Å². The van der Waals surface area contributed by atoms with Crippen molar-refractivity contribution in [1.29, 1.82) is 0 Å². The molecule has 0 spiro atoms. The molecule has 0 amide bonds. The summed E-state index contributed by atoms with van der Waals surface area (Å²) in [4.78, 5) is 0. The lowest BCUT2D eigenvalue weighted by Gasteiger charge is -2.26. The molecule has 0 heterocycles. The summed E-state index contributed by atoms with van der Waals surface area (Å²) >= 11 is 0. The number of alkyl halides is 6. The highest BCUT2D eigenvalue weighted by Crippen LogP contribution is 2.38. The van der Waals surface area contributed by atoms with Crippen LogP contribution in [0.2, 0.25) is 0 Å². The van der Waals surface area contributed by atoms with Crippen LogP contribution >= 0.6 is 0 Å². The molecule has 0 fully saturated rings. The molecule has 0 radical (unpaired) electrons. The highest BCUT2D eigenvalue weighted by Gasteiger charge is 2.62. The summed E-state index contributed by atoms with van der Waals surface area (Å²) in [5, 5.41) is 0. The van der Waals surface area contributed by atoms with Crippen LogP contribution in [0, 0.1) is 0 Å². The molecule has 1 aromatic carbocycles. The molecular weight excluding hydrogens is 352 g/mol. The minimum Gasteiger partial charge on any atom is -0.201 e. The standard InChI is InChI=1S/C8H5F6NO4S2/c9-7(10,11)15(6-4-2-1-3-5-6)21(18,19)20(16,17)8(12,13)14/h1-5H. The number of para-hydroxylation sites is 1. The molecule has 21 heavy (non-hydrogen) atoms. The molecule has 0 N–H and O–H groups in total. The van der Waals surface area contributed by atoms with Gasteiger partial charge in [-0.05, 0) is 12.1 Å². The second-order valence-corrected chi connectivity index (χ2v) is 8.60. The van der Waals surface area contributed by atoms with E-state index in [1.54, 1.807) is 0 Å². The molecule has 0 aliphatic carbocycles. The Hall–Kier alpha value is -1.50. The van der Waals surface area contributed by atoms with Crippen molar-refractivity contribution >= 4 is 23.6 Å². The lowest BCUT2D eigenvalue weighted by atomic mass is 10.3. The van der Waals surface area contributed by atoms with Gasteiger partial charge in [0, 0.05) is 0 Å². The highest BCUT2D eigenvalue weighted by atomic mass is 33.2. The van der Waals surface area contributed by atoms with Gasteiger partial charge in [-0.2, -0.15) is 25.9 Å². The van der Waals surface area contributed by atoms with Crippen molar-refractivity contribution in [3.05, 3.63) is 30.3 Å². The topological polar surface area (TPSA) is 71.5 Å². The number of nitrogens with zero attached hydrogens (tertiary/aromatic N) is 1. The second kappa shape index (κ2) is 5.05. The summed E-state index contributed by atoms with van der Waals surface area (Å²) in [6.07, 6.45) is -5.90. The zero-order chi connectivity index (χ0) is 16.7. The molecule has 120 valence electrons. The Morgan fingerprint density at radius 3 is 1.57 bits per heavy atom. The van der Waals surface area contributed by atoms with Gasteiger partial charge in [-0.25, -0.2) is 8.42 Å². The average Bonchev–Trinajstić information content (AvgIpc) is 2.26. The normalized spacial score (nSPS) is 14.0. The van der Waals surface area contributed by atoms with Crippen molar-refractivity contribution in [2.75, 3.05) is 4.31 Å². The Morgan fingerprint density at radius 1 is 0.810 bits per heavy atom. The number of rotatable bonds is 3. The molecule has 1 aromatic rings. The predicted octanol–water partition coefficient (Wildman–Crippen LogP) is 2.19. The van der Waals surface area contributed by atoms with E-state index in [2.05, 4.69) is 0 Å². The fourth-order valence-corrected chi connectivity index (χ4v) is 4.07. The quantitative estimate of drug-likeness (QED) is 0.472. The molecule has 0 aliphatic rings. The SMILES string of the molecule is O=S(=O)(N(c1ccccc1)C(F)(F)F)S(=O)(=O)C(F)(F)F. The summed E-state index contributed by atoms with van der Waals surface area (Å²) in [5.74, 6) is 0. The first-order valence-electron chi connectivity index (χ1n) is 4.71. The van der Waals surface area contributed by atoms with E-state index in [0.717, 1.165) is 18.2 Å². The van der Waals surface area contributed by atoms with Crippen LogP contribution in [0.1, 0.15) is 0 Å². The van der Waals surface area contributed by atoms with E-state index in [9.17, 15) is 43.2 Å². The van der Waals surface area contributed by atoms with Crippen molar-refractivity contribution in [3.8, 4) is 0 Å². The summed E-state index contributed by atoms with van der Waals surface area (Å²) in [6.45, 7) is 0. The third-order valence-corrected chi connectivity index (χ3v) is 6.67. The third kappa shape index (κ3) is 3.07. The van der Waals surface area contributed by atoms with E-state index in [-0.39, 0.29) is 0 Å². The molecule has 13 heteroatoms. The van der Waals surface area contributed by atoms with Gasteiger partial charge >= 0.3 is 29.7 Å². The van der Waals surface area contributed by atoms with Crippen molar-refractivity contribution in [3.63, 3.8) is 0 Å². The Kier molecular flexibility index (Phi) is 4.22. The average molecular weight is 357 g/mol. The van der Waals surface area contributed by atoms with Crippen molar-refractivity contribution in [1.82, 2.24) is 0 Å². The van der Waals surface area contributed by atoms with E-state index in [0.29, 0.717) is 12.1 Å². The molecule has 5 nitrogen and oxygen atoms in total. The zero-order valence-electron chi connectivity index (χ0n) is 9.55. The van der Waals surface area contributed by atoms with Crippen LogP contribution in [-0.4, -0.2) is 28.6 Å². The summed E-state index contributed by atoms with van der Waals surface area (Å²) in [5.41, 5.74) is -7.69. The molecule has 0 atom stereocenters. The van der Waals surface area contributed by atoms with Gasteiger partial charge in [-0.15, -0.1) is 13.2 Å². The Bertz CT molecular complexity index is 707. The fraction of sp³-hybridized carbons (Fsp3) is 0.250. The van der Waals surface area contributed by atoms with Crippen LogP contribution < -0.4 is 4.31 Å². The lowest BCUT2D eigenvalue weighted by molar-refractivity contribution is -0.115. The number of halogens is 6. The maximum absolute atomic E-state index is 12.7. The van der Waals surface area contributed by atoms with Gasteiger partial charge in [0.05, 0.1) is 5.69 Å².